The first kappa shape index (κ1) is 23.3. The summed E-state index contributed by atoms with van der Waals surface area (Å²) in [6, 6.07) is 16.4. The Labute approximate surface area is 205 Å². The highest BCUT2D eigenvalue weighted by molar-refractivity contribution is 7.99. The molecule has 6 rings (SSSR count). The lowest BCUT2D eigenvalue weighted by atomic mass is 9.51. The predicted octanol–water partition coefficient (Wildman–Crippen LogP) is 6.56. The molecule has 0 heterocycles. The number of esters is 1. The average molecular weight is 478 g/mol. The zero-order valence-electron chi connectivity index (χ0n) is 19.5. The third-order valence-electron chi connectivity index (χ3n) is 8.50. The van der Waals surface area contributed by atoms with Crippen LogP contribution in [0.1, 0.15) is 72.9 Å². The molecular formula is C28H31NO4S. The van der Waals surface area contributed by atoms with Crippen LogP contribution in [0.5, 0.6) is 0 Å². The van der Waals surface area contributed by atoms with E-state index in [1.807, 2.05) is 37.3 Å². The smallest absolute Gasteiger partial charge is 0.313 e. The van der Waals surface area contributed by atoms with Crippen molar-refractivity contribution in [2.45, 2.75) is 56.1 Å². The minimum Gasteiger partial charge on any atom is -0.465 e. The maximum Gasteiger partial charge on any atom is 0.313 e. The van der Waals surface area contributed by atoms with Gasteiger partial charge < -0.3 is 4.74 Å². The quantitative estimate of drug-likeness (QED) is 0.177. The van der Waals surface area contributed by atoms with E-state index >= 15 is 0 Å². The maximum absolute atomic E-state index is 12.9. The standard InChI is InChI=1S/C28H31NO4S/c1-18(22-8-5-9-23(17-22)26(30)21-6-3-2-4-7-21)27(31)33-11-10-28(34-29-32)24-13-19-12-20(15-24)16-25(28)14-19/h2-9,17-20,24-25H,10-16H2,1H3. The van der Waals surface area contributed by atoms with Gasteiger partial charge >= 0.3 is 5.97 Å². The summed E-state index contributed by atoms with van der Waals surface area (Å²) in [5.74, 6) is 1.77. The lowest BCUT2D eigenvalue weighted by Crippen LogP contribution is -2.56. The second kappa shape index (κ2) is 9.65. The van der Waals surface area contributed by atoms with Gasteiger partial charge in [-0.2, -0.15) is 0 Å². The molecule has 0 saturated heterocycles. The van der Waals surface area contributed by atoms with Crippen molar-refractivity contribution in [3.63, 3.8) is 0 Å². The summed E-state index contributed by atoms with van der Waals surface area (Å²) in [6.07, 6.45) is 6.76. The van der Waals surface area contributed by atoms with Crippen LogP contribution in [0.4, 0.5) is 0 Å². The lowest BCUT2D eigenvalue weighted by Gasteiger charge is -2.59. The van der Waals surface area contributed by atoms with Gasteiger partial charge in [0.25, 0.3) is 0 Å². The minimum atomic E-state index is -0.477. The third kappa shape index (κ3) is 4.33. The normalized spacial score (nSPS) is 30.0. The number of nitroso groups, excluding NO2 is 1. The largest absolute Gasteiger partial charge is 0.465 e. The number of hydrogen-bond acceptors (Lipinski definition) is 6. The second-order valence-corrected chi connectivity index (χ2v) is 11.5. The number of ketones is 1. The zero-order chi connectivity index (χ0) is 23.7. The van der Waals surface area contributed by atoms with Gasteiger partial charge in [0.15, 0.2) is 5.78 Å². The fourth-order valence-electron chi connectivity index (χ4n) is 6.93. The summed E-state index contributed by atoms with van der Waals surface area (Å²) in [7, 11) is 0. The summed E-state index contributed by atoms with van der Waals surface area (Å²) in [5.41, 5.74) is 1.95. The first-order valence-electron chi connectivity index (χ1n) is 12.4. The van der Waals surface area contributed by atoms with E-state index in [1.54, 1.807) is 24.3 Å². The van der Waals surface area contributed by atoms with Crippen LogP contribution in [0, 0.1) is 28.6 Å². The number of rotatable bonds is 9. The predicted molar refractivity (Wildman–Crippen MR) is 133 cm³/mol. The Hall–Kier alpha value is -2.47. The molecule has 1 atom stereocenters. The fraction of sp³-hybridized carbons (Fsp3) is 0.500. The van der Waals surface area contributed by atoms with Crippen molar-refractivity contribution < 1.29 is 14.3 Å². The Balaban J connectivity index is 1.23. The third-order valence-corrected chi connectivity index (χ3v) is 9.79. The summed E-state index contributed by atoms with van der Waals surface area (Å²) >= 11 is 1.21. The van der Waals surface area contributed by atoms with Crippen LogP contribution in [0.15, 0.2) is 59.2 Å². The summed E-state index contributed by atoms with van der Waals surface area (Å²) in [6.45, 7) is 2.12. The monoisotopic (exact) mass is 477 g/mol. The van der Waals surface area contributed by atoms with E-state index in [9.17, 15) is 14.5 Å². The molecule has 2 aromatic rings. The van der Waals surface area contributed by atoms with Crippen molar-refractivity contribution in [3.8, 4) is 0 Å². The lowest BCUT2D eigenvalue weighted by molar-refractivity contribution is -0.146. The van der Waals surface area contributed by atoms with Crippen molar-refractivity contribution in [1.29, 1.82) is 0 Å². The Morgan fingerprint density at radius 1 is 0.971 bits per heavy atom. The van der Waals surface area contributed by atoms with Gasteiger partial charge in [0.1, 0.15) is 0 Å². The van der Waals surface area contributed by atoms with Crippen LogP contribution in [0.2, 0.25) is 0 Å². The minimum absolute atomic E-state index is 0.0646. The molecule has 6 heteroatoms. The van der Waals surface area contributed by atoms with Gasteiger partial charge in [-0.1, -0.05) is 48.5 Å². The average Bonchev–Trinajstić information content (AvgIpc) is 2.86. The van der Waals surface area contributed by atoms with Crippen molar-refractivity contribution in [1.82, 2.24) is 0 Å². The molecule has 0 radical (unpaired) electrons. The van der Waals surface area contributed by atoms with Gasteiger partial charge in [-0.3, -0.25) is 9.59 Å². The van der Waals surface area contributed by atoms with E-state index in [-0.39, 0.29) is 16.5 Å². The van der Waals surface area contributed by atoms with Gasteiger partial charge in [0, 0.05) is 27.7 Å². The number of ether oxygens (including phenoxy) is 1. The molecule has 4 saturated carbocycles. The highest BCUT2D eigenvalue weighted by atomic mass is 32.2. The Morgan fingerprint density at radius 2 is 1.62 bits per heavy atom. The molecule has 2 aromatic carbocycles. The number of nitrogens with zero attached hydrogens (tertiary/aromatic N) is 1. The molecular weight excluding hydrogens is 446 g/mol. The molecule has 5 nitrogen and oxygen atoms in total. The van der Waals surface area contributed by atoms with E-state index < -0.39 is 5.92 Å². The van der Waals surface area contributed by atoms with Gasteiger partial charge in [0.05, 0.1) is 17.3 Å². The molecule has 0 N–H and O–H groups in total. The molecule has 1 unspecified atom stereocenters. The van der Waals surface area contributed by atoms with Crippen molar-refractivity contribution in [3.05, 3.63) is 76.2 Å². The molecule has 34 heavy (non-hydrogen) atoms. The van der Waals surface area contributed by atoms with Gasteiger partial charge in [-0.15, -0.1) is 4.91 Å². The van der Waals surface area contributed by atoms with Crippen LogP contribution in [-0.2, 0) is 9.53 Å². The van der Waals surface area contributed by atoms with Gasteiger partial charge in [0.2, 0.25) is 0 Å². The van der Waals surface area contributed by atoms with E-state index in [2.05, 4.69) is 4.58 Å². The zero-order valence-corrected chi connectivity index (χ0v) is 20.3. The van der Waals surface area contributed by atoms with E-state index in [0.29, 0.717) is 36.0 Å². The van der Waals surface area contributed by atoms with Crippen molar-refractivity contribution >= 4 is 23.7 Å². The van der Waals surface area contributed by atoms with Crippen LogP contribution in [-0.4, -0.2) is 23.1 Å². The number of carbonyl (C=O) groups excluding carboxylic acids is 2. The van der Waals surface area contributed by atoms with Crippen LogP contribution >= 0.6 is 11.9 Å². The van der Waals surface area contributed by atoms with Crippen LogP contribution < -0.4 is 0 Å². The van der Waals surface area contributed by atoms with Gasteiger partial charge in [-0.05, 0) is 80.8 Å². The van der Waals surface area contributed by atoms with E-state index in [1.165, 1.54) is 44.1 Å². The summed E-state index contributed by atoms with van der Waals surface area (Å²) in [5, 5.41) is 0. The topological polar surface area (TPSA) is 72.8 Å². The number of hydrogen-bond donors (Lipinski definition) is 0. The molecule has 0 amide bonds. The molecule has 4 fully saturated rings. The Bertz CT molecular complexity index is 1040. The SMILES string of the molecule is CC(C(=O)OCCC1(SN=O)C2CC3CC(C2)CC1C3)c1cccc(C(=O)c2ccccc2)c1. The van der Waals surface area contributed by atoms with Crippen LogP contribution in [0.3, 0.4) is 0 Å². The molecule has 0 aromatic heterocycles. The first-order chi connectivity index (χ1) is 16.5. The molecule has 0 aliphatic heterocycles. The second-order valence-electron chi connectivity index (χ2n) is 10.4. The molecule has 0 spiro atoms. The highest BCUT2D eigenvalue weighted by Crippen LogP contribution is 2.64. The fourth-order valence-corrected chi connectivity index (χ4v) is 7.93. The Morgan fingerprint density at radius 3 is 2.26 bits per heavy atom. The Kier molecular flexibility index (Phi) is 6.61. The number of benzene rings is 2. The highest BCUT2D eigenvalue weighted by Gasteiger charge is 2.58. The number of carbonyl (C=O) groups is 2. The van der Waals surface area contributed by atoms with E-state index in [0.717, 1.165) is 17.4 Å². The summed E-state index contributed by atoms with van der Waals surface area (Å²) in [4.78, 5) is 37.1. The molecule has 4 bridgehead atoms. The van der Waals surface area contributed by atoms with E-state index in [4.69, 9.17) is 4.74 Å². The maximum atomic E-state index is 12.9. The molecule has 178 valence electrons. The van der Waals surface area contributed by atoms with Crippen LogP contribution in [0.25, 0.3) is 0 Å². The molecule has 4 aliphatic rings. The molecule has 4 aliphatic carbocycles. The summed E-state index contributed by atoms with van der Waals surface area (Å²) < 4.78 is 8.84. The van der Waals surface area contributed by atoms with Crippen molar-refractivity contribution in [2.75, 3.05) is 6.61 Å². The first-order valence-corrected chi connectivity index (χ1v) is 13.1. The van der Waals surface area contributed by atoms with Gasteiger partial charge in [-0.25, -0.2) is 0 Å². The van der Waals surface area contributed by atoms with Crippen molar-refractivity contribution in [2.24, 2.45) is 28.3 Å².